The molecule has 172 valence electrons. The molecule has 14 heteroatoms. The molecule has 0 atom stereocenters. The van der Waals surface area contributed by atoms with Gasteiger partial charge in [0.2, 0.25) is 16.8 Å². The summed E-state index contributed by atoms with van der Waals surface area (Å²) in [6.07, 6.45) is 3.46. The summed E-state index contributed by atoms with van der Waals surface area (Å²) in [6.45, 7) is 0.520. The van der Waals surface area contributed by atoms with Crippen LogP contribution in [0.3, 0.4) is 0 Å². The number of nitrogens with one attached hydrogen (secondary N) is 2. The summed E-state index contributed by atoms with van der Waals surface area (Å²) in [5.41, 5.74) is 8.60. The molecule has 0 fully saturated rings. The van der Waals surface area contributed by atoms with Crippen LogP contribution in [0, 0.1) is 0 Å². The van der Waals surface area contributed by atoms with E-state index < -0.39 is 10.0 Å². The van der Waals surface area contributed by atoms with Crippen LogP contribution in [-0.4, -0.2) is 57.7 Å². The van der Waals surface area contributed by atoms with Crippen LogP contribution in [0.15, 0.2) is 40.8 Å². The van der Waals surface area contributed by atoms with E-state index in [0.29, 0.717) is 40.8 Å². The lowest BCUT2D eigenvalue weighted by Crippen LogP contribution is -2.22. The standard InChI is InChI=1S/C19H20N8O4S2/c1-21-33(28,29)6-2-5-27-18-16(17(20)22-9-23-18)25-19(27)32-15-8-14-13(30-10-31-14)7-11(15)12-3-4-24-26-12/h3-4,7-9,21H,2,5-6,10H2,1H3,(H,24,26)(H2,20,22,23). The lowest BCUT2D eigenvalue weighted by atomic mass is 10.1. The molecule has 1 aliphatic rings. The summed E-state index contributed by atoms with van der Waals surface area (Å²) < 4.78 is 39.0. The average molecular weight is 489 g/mol. The summed E-state index contributed by atoms with van der Waals surface area (Å²) in [5, 5.41) is 7.72. The number of H-pyrrole nitrogens is 1. The molecule has 0 saturated heterocycles. The molecular formula is C19H20N8O4S2. The minimum atomic E-state index is -3.34. The van der Waals surface area contributed by atoms with Crippen LogP contribution in [-0.2, 0) is 16.6 Å². The van der Waals surface area contributed by atoms with Gasteiger partial charge in [-0.2, -0.15) is 5.10 Å². The van der Waals surface area contributed by atoms with Crippen molar-refractivity contribution in [2.24, 2.45) is 0 Å². The fourth-order valence-corrected chi connectivity index (χ4v) is 5.22. The highest BCUT2D eigenvalue weighted by Crippen LogP contribution is 2.44. The third-order valence-electron chi connectivity index (χ3n) is 5.08. The maximum Gasteiger partial charge on any atom is 0.231 e. The fourth-order valence-electron chi connectivity index (χ4n) is 3.44. The zero-order valence-electron chi connectivity index (χ0n) is 17.5. The normalized spacial score (nSPS) is 13.1. The number of ether oxygens (including phenoxy) is 2. The van der Waals surface area contributed by atoms with Crippen molar-refractivity contribution in [2.75, 3.05) is 25.3 Å². The van der Waals surface area contributed by atoms with Gasteiger partial charge in [-0.25, -0.2) is 28.1 Å². The summed E-state index contributed by atoms with van der Waals surface area (Å²) in [5.74, 6) is 1.48. The molecule has 3 aromatic heterocycles. The van der Waals surface area contributed by atoms with Crippen molar-refractivity contribution in [3.8, 4) is 22.8 Å². The minimum absolute atomic E-state index is 0.0314. The Morgan fingerprint density at radius 2 is 2.09 bits per heavy atom. The molecule has 4 N–H and O–H groups in total. The Morgan fingerprint density at radius 1 is 1.27 bits per heavy atom. The molecule has 4 heterocycles. The molecule has 1 aliphatic heterocycles. The predicted molar refractivity (Wildman–Crippen MR) is 121 cm³/mol. The first-order valence-electron chi connectivity index (χ1n) is 9.95. The van der Waals surface area contributed by atoms with Gasteiger partial charge in [0.15, 0.2) is 33.6 Å². The highest BCUT2D eigenvalue weighted by atomic mass is 32.2. The number of anilines is 1. The molecule has 1 aromatic carbocycles. The van der Waals surface area contributed by atoms with Crippen LogP contribution in [0.5, 0.6) is 11.5 Å². The Hall–Kier alpha value is -3.36. The van der Waals surface area contributed by atoms with Gasteiger partial charge in [-0.15, -0.1) is 0 Å². The number of aromatic amines is 1. The number of nitrogen functional groups attached to an aromatic ring is 1. The molecule has 0 aliphatic carbocycles. The second kappa shape index (κ2) is 8.53. The number of aromatic nitrogens is 6. The Kier molecular flexibility index (Phi) is 5.55. The molecule has 0 radical (unpaired) electrons. The quantitative estimate of drug-likeness (QED) is 0.332. The monoisotopic (exact) mass is 488 g/mol. The maximum atomic E-state index is 11.9. The van der Waals surface area contributed by atoms with Gasteiger partial charge in [-0.3, -0.25) is 5.10 Å². The zero-order valence-corrected chi connectivity index (χ0v) is 19.1. The fraction of sp³-hybridized carbons (Fsp3) is 0.263. The summed E-state index contributed by atoms with van der Waals surface area (Å²) in [7, 11) is -1.94. The topological polar surface area (TPSA) is 163 Å². The van der Waals surface area contributed by atoms with E-state index in [9.17, 15) is 8.42 Å². The number of nitrogens with two attached hydrogens (primary N) is 1. The Balaban J connectivity index is 1.56. The van der Waals surface area contributed by atoms with Gasteiger partial charge in [0.05, 0.1) is 11.4 Å². The minimum Gasteiger partial charge on any atom is -0.454 e. The molecule has 0 saturated carbocycles. The lowest BCUT2D eigenvalue weighted by Gasteiger charge is -2.11. The van der Waals surface area contributed by atoms with E-state index in [1.165, 1.54) is 25.1 Å². The van der Waals surface area contributed by atoms with Gasteiger partial charge in [-0.1, -0.05) is 11.8 Å². The van der Waals surface area contributed by atoms with Crippen LogP contribution in [0.1, 0.15) is 6.42 Å². The molecule has 4 aromatic rings. The van der Waals surface area contributed by atoms with E-state index in [2.05, 4.69) is 29.9 Å². The second-order valence-electron chi connectivity index (χ2n) is 7.12. The van der Waals surface area contributed by atoms with E-state index in [0.717, 1.165) is 16.2 Å². The smallest absolute Gasteiger partial charge is 0.231 e. The highest BCUT2D eigenvalue weighted by molar-refractivity contribution is 7.99. The van der Waals surface area contributed by atoms with Crippen LogP contribution in [0.2, 0.25) is 0 Å². The van der Waals surface area contributed by atoms with E-state index in [1.807, 2.05) is 22.8 Å². The summed E-state index contributed by atoms with van der Waals surface area (Å²) in [6, 6.07) is 5.61. The average Bonchev–Trinajstić information content (AvgIpc) is 3.54. The number of benzene rings is 1. The first-order valence-corrected chi connectivity index (χ1v) is 12.4. The SMILES string of the molecule is CNS(=O)(=O)CCCn1c(Sc2cc3c(cc2-c2cc[nH]n2)OCO3)nc2c(N)ncnc21. The van der Waals surface area contributed by atoms with Gasteiger partial charge in [0, 0.05) is 23.2 Å². The Morgan fingerprint density at radius 3 is 2.85 bits per heavy atom. The molecular weight excluding hydrogens is 468 g/mol. The van der Waals surface area contributed by atoms with Crippen LogP contribution < -0.4 is 19.9 Å². The van der Waals surface area contributed by atoms with Crippen molar-refractivity contribution in [1.29, 1.82) is 0 Å². The van der Waals surface area contributed by atoms with Crippen LogP contribution >= 0.6 is 11.8 Å². The van der Waals surface area contributed by atoms with Crippen molar-refractivity contribution < 1.29 is 17.9 Å². The third-order valence-corrected chi connectivity index (χ3v) is 7.58. The number of sulfonamides is 1. The second-order valence-corrected chi connectivity index (χ2v) is 10.2. The van der Waals surface area contributed by atoms with Gasteiger partial charge >= 0.3 is 0 Å². The lowest BCUT2D eigenvalue weighted by molar-refractivity contribution is 0.174. The van der Waals surface area contributed by atoms with Crippen molar-refractivity contribution in [2.45, 2.75) is 23.0 Å². The van der Waals surface area contributed by atoms with Crippen molar-refractivity contribution >= 4 is 38.8 Å². The van der Waals surface area contributed by atoms with Crippen molar-refractivity contribution in [3.05, 3.63) is 30.7 Å². The number of aryl methyl sites for hydroxylation is 1. The molecule has 0 bridgehead atoms. The molecule has 5 rings (SSSR count). The first-order chi connectivity index (χ1) is 15.9. The number of fused-ring (bicyclic) bond motifs is 2. The molecule has 0 amide bonds. The van der Waals surface area contributed by atoms with E-state index >= 15 is 0 Å². The first kappa shape index (κ1) is 21.5. The predicted octanol–water partition coefficient (Wildman–Crippen LogP) is 1.62. The van der Waals surface area contributed by atoms with Gasteiger partial charge in [0.1, 0.15) is 6.33 Å². The Labute approximate surface area is 193 Å². The Bertz CT molecular complexity index is 1420. The van der Waals surface area contributed by atoms with E-state index in [1.54, 1.807) is 6.20 Å². The molecule has 33 heavy (non-hydrogen) atoms. The summed E-state index contributed by atoms with van der Waals surface area (Å²) >= 11 is 1.38. The largest absolute Gasteiger partial charge is 0.454 e. The number of rotatable bonds is 8. The number of imidazole rings is 1. The van der Waals surface area contributed by atoms with Gasteiger partial charge in [0.25, 0.3) is 0 Å². The van der Waals surface area contributed by atoms with E-state index in [4.69, 9.17) is 15.2 Å². The van der Waals surface area contributed by atoms with Crippen LogP contribution in [0.25, 0.3) is 22.4 Å². The van der Waals surface area contributed by atoms with Crippen molar-refractivity contribution in [1.82, 2.24) is 34.4 Å². The van der Waals surface area contributed by atoms with Gasteiger partial charge < -0.3 is 19.8 Å². The zero-order chi connectivity index (χ0) is 23.0. The molecule has 0 unspecified atom stereocenters. The molecule has 12 nitrogen and oxygen atoms in total. The highest BCUT2D eigenvalue weighted by Gasteiger charge is 2.23. The van der Waals surface area contributed by atoms with Crippen LogP contribution in [0.4, 0.5) is 5.82 Å². The number of nitrogens with zero attached hydrogens (tertiary/aromatic N) is 5. The van der Waals surface area contributed by atoms with E-state index in [-0.39, 0.29) is 18.4 Å². The molecule has 0 spiro atoms. The third kappa shape index (κ3) is 4.19. The maximum absolute atomic E-state index is 11.9. The van der Waals surface area contributed by atoms with Crippen molar-refractivity contribution in [3.63, 3.8) is 0 Å². The summed E-state index contributed by atoms with van der Waals surface area (Å²) in [4.78, 5) is 13.9. The van der Waals surface area contributed by atoms with Gasteiger partial charge in [-0.05, 0) is 31.7 Å². The number of hydrogen-bond acceptors (Lipinski definition) is 10. The number of hydrogen-bond donors (Lipinski definition) is 3.